The van der Waals surface area contributed by atoms with Gasteiger partial charge >= 0.3 is 0 Å². The molecule has 0 radical (unpaired) electrons. The van der Waals surface area contributed by atoms with Gasteiger partial charge in [0.05, 0.1) is 16.4 Å². The van der Waals surface area contributed by atoms with Crippen LogP contribution in [0.1, 0.15) is 5.69 Å². The summed E-state index contributed by atoms with van der Waals surface area (Å²) in [7, 11) is 0. The maximum Gasteiger partial charge on any atom is 0.238 e. The zero-order valence-corrected chi connectivity index (χ0v) is 9.58. The average Bonchev–Trinajstić information content (AvgIpc) is 2.58. The number of ether oxygens (including phenoxy) is 1. The molecular weight excluding hydrogens is 260 g/mol. The lowest BCUT2D eigenvalue weighted by Crippen LogP contribution is -1.94. The molecule has 2 aromatic heterocycles. The van der Waals surface area contributed by atoms with Crippen molar-refractivity contribution < 1.29 is 4.74 Å². The van der Waals surface area contributed by atoms with Gasteiger partial charge in [-0.15, -0.1) is 5.10 Å². The fraction of sp³-hybridized carbons (Fsp3) is 0.111. The van der Waals surface area contributed by atoms with E-state index in [9.17, 15) is 0 Å². The molecule has 78 valence electrons. The van der Waals surface area contributed by atoms with Crippen LogP contribution >= 0.6 is 15.9 Å². The number of pyridine rings is 1. The summed E-state index contributed by atoms with van der Waals surface area (Å²) < 4.78 is 6.20. The first kappa shape index (κ1) is 9.97. The van der Waals surface area contributed by atoms with Gasteiger partial charge in [-0.1, -0.05) is 0 Å². The van der Waals surface area contributed by atoms with Crippen molar-refractivity contribution in [2.24, 2.45) is 0 Å². The maximum absolute atomic E-state index is 5.72. The minimum atomic E-state index is 0.463. The summed E-state index contributed by atoms with van der Waals surface area (Å²) in [6.45, 7) is 1.89. The predicted molar refractivity (Wildman–Crippen MR) is 59.7 cm³/mol. The molecule has 0 atom stereocenters. The van der Waals surface area contributed by atoms with Gasteiger partial charge in [-0.05, 0) is 22.9 Å². The topological polar surface area (TPSA) is 76.8 Å². The Kier molecular flexibility index (Phi) is 2.59. The van der Waals surface area contributed by atoms with Crippen molar-refractivity contribution >= 4 is 21.6 Å². The number of H-pyrrole nitrogens is 1. The van der Waals surface area contributed by atoms with E-state index in [1.807, 2.05) is 6.92 Å². The van der Waals surface area contributed by atoms with Crippen molar-refractivity contribution in [1.29, 1.82) is 0 Å². The van der Waals surface area contributed by atoms with Gasteiger partial charge in [-0.2, -0.15) is 0 Å². The van der Waals surface area contributed by atoms with Crippen LogP contribution in [0.2, 0.25) is 0 Å². The number of nitrogens with one attached hydrogen (secondary N) is 1. The fourth-order valence-electron chi connectivity index (χ4n) is 1.10. The Morgan fingerprint density at radius 3 is 2.87 bits per heavy atom. The zero-order valence-electron chi connectivity index (χ0n) is 7.99. The van der Waals surface area contributed by atoms with E-state index >= 15 is 0 Å². The highest BCUT2D eigenvalue weighted by Gasteiger charge is 2.08. The lowest BCUT2D eigenvalue weighted by molar-refractivity contribution is 0.460. The fourth-order valence-corrected chi connectivity index (χ4v) is 1.52. The number of nitrogen functional groups attached to an aromatic ring is 1. The second-order valence-corrected chi connectivity index (χ2v) is 3.89. The van der Waals surface area contributed by atoms with E-state index in [-0.39, 0.29) is 0 Å². The number of aromatic nitrogens is 3. The van der Waals surface area contributed by atoms with Gasteiger partial charge < -0.3 is 10.5 Å². The summed E-state index contributed by atoms with van der Waals surface area (Å²) in [5, 5.41) is 6.73. The van der Waals surface area contributed by atoms with Crippen molar-refractivity contribution in [3.63, 3.8) is 0 Å². The second-order valence-electron chi connectivity index (χ2n) is 3.03. The number of hydrogen-bond acceptors (Lipinski definition) is 4. The number of anilines is 1. The summed E-state index contributed by atoms with van der Waals surface area (Å²) in [6, 6.07) is 1.78. The SMILES string of the molecule is Cc1cc(Oc2c(N)cncc2Br)n[nH]1. The third-order valence-electron chi connectivity index (χ3n) is 1.77. The second kappa shape index (κ2) is 3.90. The minimum absolute atomic E-state index is 0.463. The standard InChI is InChI=1S/C9H9BrN4O/c1-5-2-8(14-13-5)15-9-6(10)3-12-4-7(9)11/h2-4H,11H2,1H3,(H,13,14). The first-order valence-electron chi connectivity index (χ1n) is 4.25. The molecule has 2 rings (SSSR count). The molecule has 0 saturated heterocycles. The zero-order chi connectivity index (χ0) is 10.8. The number of halogens is 1. The third kappa shape index (κ3) is 2.10. The van der Waals surface area contributed by atoms with Gasteiger partial charge in [0.2, 0.25) is 5.88 Å². The van der Waals surface area contributed by atoms with Crippen LogP contribution in [0.25, 0.3) is 0 Å². The number of nitrogens with two attached hydrogens (primary N) is 1. The maximum atomic E-state index is 5.72. The number of aromatic amines is 1. The monoisotopic (exact) mass is 268 g/mol. The molecule has 0 aliphatic rings. The van der Waals surface area contributed by atoms with Crippen LogP contribution in [0.4, 0.5) is 5.69 Å². The molecule has 0 aliphatic carbocycles. The smallest absolute Gasteiger partial charge is 0.238 e. The van der Waals surface area contributed by atoms with E-state index in [1.54, 1.807) is 12.3 Å². The molecule has 15 heavy (non-hydrogen) atoms. The predicted octanol–water partition coefficient (Wildman–Crippen LogP) is 2.25. The molecule has 0 aliphatic heterocycles. The highest BCUT2D eigenvalue weighted by molar-refractivity contribution is 9.10. The van der Waals surface area contributed by atoms with Crippen molar-refractivity contribution in [2.45, 2.75) is 6.92 Å². The Balaban J connectivity index is 2.31. The Labute approximate surface area is 94.8 Å². The number of aryl methyl sites for hydroxylation is 1. The minimum Gasteiger partial charge on any atom is -0.434 e. The molecule has 0 aromatic carbocycles. The van der Waals surface area contributed by atoms with Crippen molar-refractivity contribution in [1.82, 2.24) is 15.2 Å². The first-order valence-corrected chi connectivity index (χ1v) is 5.05. The van der Waals surface area contributed by atoms with Crippen LogP contribution in [0.5, 0.6) is 11.6 Å². The number of nitrogens with zero attached hydrogens (tertiary/aromatic N) is 2. The van der Waals surface area contributed by atoms with Crippen LogP contribution < -0.4 is 10.5 Å². The largest absolute Gasteiger partial charge is 0.434 e. The molecule has 2 aromatic rings. The molecule has 6 heteroatoms. The van der Waals surface area contributed by atoms with E-state index in [0.717, 1.165) is 5.69 Å². The highest BCUT2D eigenvalue weighted by atomic mass is 79.9. The average molecular weight is 269 g/mol. The van der Waals surface area contributed by atoms with Gasteiger partial charge in [0, 0.05) is 18.0 Å². The molecule has 0 unspecified atom stereocenters. The lowest BCUT2D eigenvalue weighted by Gasteiger charge is -2.06. The van der Waals surface area contributed by atoms with Crippen LogP contribution in [-0.4, -0.2) is 15.2 Å². The summed E-state index contributed by atoms with van der Waals surface area (Å²) in [5.41, 5.74) is 7.11. The lowest BCUT2D eigenvalue weighted by atomic mass is 10.4. The Morgan fingerprint density at radius 2 is 2.27 bits per heavy atom. The van der Waals surface area contributed by atoms with E-state index < -0.39 is 0 Å². The Morgan fingerprint density at radius 1 is 1.47 bits per heavy atom. The molecule has 0 bridgehead atoms. The molecule has 5 nitrogen and oxygen atoms in total. The number of rotatable bonds is 2. The van der Waals surface area contributed by atoms with Gasteiger partial charge in [-0.25, -0.2) is 0 Å². The third-order valence-corrected chi connectivity index (χ3v) is 2.33. The van der Waals surface area contributed by atoms with Crippen LogP contribution in [-0.2, 0) is 0 Å². The van der Waals surface area contributed by atoms with Crippen molar-refractivity contribution in [3.8, 4) is 11.6 Å². The highest BCUT2D eigenvalue weighted by Crippen LogP contribution is 2.33. The van der Waals surface area contributed by atoms with Crippen LogP contribution in [0, 0.1) is 6.92 Å². The summed E-state index contributed by atoms with van der Waals surface area (Å²) in [6.07, 6.45) is 3.14. The van der Waals surface area contributed by atoms with Gasteiger partial charge in [0.1, 0.15) is 0 Å². The Hall–Kier alpha value is -1.56. The number of hydrogen-bond donors (Lipinski definition) is 2. The molecule has 0 spiro atoms. The molecule has 0 saturated carbocycles. The first-order chi connectivity index (χ1) is 7.16. The van der Waals surface area contributed by atoms with Gasteiger partial charge in [-0.3, -0.25) is 10.1 Å². The molecule has 2 heterocycles. The molecular formula is C9H9BrN4O. The molecule has 3 N–H and O–H groups in total. The summed E-state index contributed by atoms with van der Waals surface area (Å²) in [4.78, 5) is 3.91. The van der Waals surface area contributed by atoms with Gasteiger partial charge in [0.15, 0.2) is 5.75 Å². The van der Waals surface area contributed by atoms with Gasteiger partial charge in [0.25, 0.3) is 0 Å². The van der Waals surface area contributed by atoms with Crippen LogP contribution in [0.3, 0.4) is 0 Å². The van der Waals surface area contributed by atoms with Crippen molar-refractivity contribution in [3.05, 3.63) is 28.6 Å². The summed E-state index contributed by atoms with van der Waals surface area (Å²) >= 11 is 3.31. The molecule has 0 fully saturated rings. The van der Waals surface area contributed by atoms with E-state index in [4.69, 9.17) is 10.5 Å². The Bertz CT molecular complexity index is 462. The van der Waals surface area contributed by atoms with E-state index in [0.29, 0.717) is 21.8 Å². The quantitative estimate of drug-likeness (QED) is 0.876. The van der Waals surface area contributed by atoms with Crippen LogP contribution in [0.15, 0.2) is 22.9 Å². The normalized spacial score (nSPS) is 10.3. The summed E-state index contributed by atoms with van der Waals surface area (Å²) in [5.74, 6) is 1.00. The molecule has 0 amide bonds. The van der Waals surface area contributed by atoms with E-state index in [1.165, 1.54) is 6.20 Å². The van der Waals surface area contributed by atoms with Crippen molar-refractivity contribution in [2.75, 3.05) is 5.73 Å². The van der Waals surface area contributed by atoms with E-state index in [2.05, 4.69) is 31.1 Å².